The molecule has 0 saturated carbocycles. The van der Waals surface area contributed by atoms with Crippen molar-refractivity contribution >= 4 is 16.7 Å². The average molecular weight is 380 g/mol. The van der Waals surface area contributed by atoms with Crippen molar-refractivity contribution in [1.29, 1.82) is 0 Å². The van der Waals surface area contributed by atoms with Gasteiger partial charge < -0.3 is 19.7 Å². The summed E-state index contributed by atoms with van der Waals surface area (Å²) < 4.78 is 5.42. The molecule has 0 aliphatic carbocycles. The molecule has 3 rings (SSSR count). The first-order valence-corrected chi connectivity index (χ1v) is 9.15. The van der Waals surface area contributed by atoms with Crippen molar-refractivity contribution in [3.8, 4) is 11.1 Å². The van der Waals surface area contributed by atoms with Gasteiger partial charge in [-0.25, -0.2) is 4.79 Å². The highest BCUT2D eigenvalue weighted by Gasteiger charge is 2.19. The molecule has 28 heavy (non-hydrogen) atoms. The summed E-state index contributed by atoms with van der Waals surface area (Å²) in [4.78, 5) is 26.8. The zero-order valence-corrected chi connectivity index (χ0v) is 16.2. The molecule has 0 saturated heterocycles. The Bertz CT molecular complexity index is 1050. The maximum absolute atomic E-state index is 12.5. The van der Waals surface area contributed by atoms with Crippen LogP contribution in [0.25, 0.3) is 21.9 Å². The lowest BCUT2D eigenvalue weighted by molar-refractivity contribution is 0.0951. The lowest BCUT2D eigenvalue weighted by Gasteiger charge is -2.15. The predicted molar refractivity (Wildman–Crippen MR) is 109 cm³/mol. The smallest absolute Gasteiger partial charge is 0.343 e. The third-order valence-electron chi connectivity index (χ3n) is 4.50. The van der Waals surface area contributed by atoms with Crippen LogP contribution in [-0.2, 0) is 0 Å². The van der Waals surface area contributed by atoms with Gasteiger partial charge in [0.25, 0.3) is 5.91 Å². The zero-order chi connectivity index (χ0) is 20.3. The number of fused-ring (bicyclic) bond motifs is 1. The first-order chi connectivity index (χ1) is 13.4. The van der Waals surface area contributed by atoms with Crippen LogP contribution in [0.15, 0.2) is 57.7 Å². The molecule has 0 radical (unpaired) electrons. The van der Waals surface area contributed by atoms with E-state index in [1.807, 2.05) is 37.2 Å². The molecule has 146 valence electrons. The Morgan fingerprint density at radius 2 is 1.86 bits per heavy atom. The third-order valence-corrected chi connectivity index (χ3v) is 4.50. The fourth-order valence-electron chi connectivity index (χ4n) is 3.12. The predicted octanol–water partition coefficient (Wildman–Crippen LogP) is 2.80. The molecule has 1 amide bonds. The fourth-order valence-corrected chi connectivity index (χ4v) is 3.12. The monoisotopic (exact) mass is 380 g/mol. The number of likely N-dealkylation sites (N-methyl/N-ethyl adjacent to an activating group) is 1. The van der Waals surface area contributed by atoms with Crippen LogP contribution in [0.5, 0.6) is 0 Å². The van der Waals surface area contributed by atoms with Gasteiger partial charge in [-0.3, -0.25) is 4.79 Å². The van der Waals surface area contributed by atoms with Gasteiger partial charge in [-0.15, -0.1) is 0 Å². The van der Waals surface area contributed by atoms with Crippen molar-refractivity contribution in [3.05, 3.63) is 70.3 Å². The van der Waals surface area contributed by atoms with Crippen molar-refractivity contribution in [3.63, 3.8) is 0 Å². The normalized spacial score (nSPS) is 12.3. The van der Waals surface area contributed by atoms with Crippen LogP contribution < -0.4 is 10.9 Å². The van der Waals surface area contributed by atoms with Gasteiger partial charge in [-0.05, 0) is 44.8 Å². The summed E-state index contributed by atoms with van der Waals surface area (Å²) >= 11 is 0. The number of nitrogens with one attached hydrogen (secondary N) is 1. The summed E-state index contributed by atoms with van der Waals surface area (Å²) in [5.41, 5.74) is 1.33. The van der Waals surface area contributed by atoms with Gasteiger partial charge in [0, 0.05) is 29.6 Å². The highest BCUT2D eigenvalue weighted by Crippen LogP contribution is 2.34. The zero-order valence-electron chi connectivity index (χ0n) is 16.2. The largest absolute Gasteiger partial charge is 0.424 e. The molecule has 6 nitrogen and oxygen atoms in total. The molecule has 3 aromatic rings. The number of hydrogen-bond donors (Lipinski definition) is 2. The molecule has 1 aromatic heterocycles. The van der Waals surface area contributed by atoms with E-state index in [0.717, 1.165) is 6.54 Å². The number of nitrogens with zero attached hydrogens (tertiary/aromatic N) is 1. The van der Waals surface area contributed by atoms with E-state index in [1.165, 1.54) is 0 Å². The van der Waals surface area contributed by atoms with Crippen LogP contribution in [0.4, 0.5) is 0 Å². The highest BCUT2D eigenvalue weighted by atomic mass is 16.4. The molecule has 0 spiro atoms. The van der Waals surface area contributed by atoms with E-state index in [0.29, 0.717) is 34.0 Å². The molecule has 0 aliphatic heterocycles. The van der Waals surface area contributed by atoms with Gasteiger partial charge >= 0.3 is 5.63 Å². The van der Waals surface area contributed by atoms with Crippen LogP contribution in [-0.4, -0.2) is 43.1 Å². The summed E-state index contributed by atoms with van der Waals surface area (Å²) in [5.74, 6) is 0.0119. The van der Waals surface area contributed by atoms with Crippen molar-refractivity contribution in [1.82, 2.24) is 10.2 Å². The second kappa shape index (κ2) is 8.37. The molecule has 0 aliphatic rings. The summed E-state index contributed by atoms with van der Waals surface area (Å²) in [6.45, 7) is 2.83. The van der Waals surface area contributed by atoms with Crippen LogP contribution >= 0.6 is 0 Å². The Kier molecular flexibility index (Phi) is 5.92. The van der Waals surface area contributed by atoms with E-state index in [2.05, 4.69) is 5.32 Å². The van der Waals surface area contributed by atoms with Crippen molar-refractivity contribution in [2.45, 2.75) is 13.0 Å². The molecule has 6 heteroatoms. The number of hydrogen-bond acceptors (Lipinski definition) is 5. The van der Waals surface area contributed by atoms with Crippen LogP contribution in [0.3, 0.4) is 0 Å². The number of rotatable bonds is 6. The molecule has 2 N–H and O–H groups in total. The topological polar surface area (TPSA) is 82.8 Å². The minimum Gasteiger partial charge on any atom is -0.424 e. The SMILES string of the molecule is CC(O)c1oc(=O)c2ccccc2c1-c1cccc(C(=O)NCCN(C)C)c1. The van der Waals surface area contributed by atoms with Gasteiger partial charge in [0.1, 0.15) is 11.9 Å². The Morgan fingerprint density at radius 1 is 1.14 bits per heavy atom. The van der Waals surface area contributed by atoms with Crippen LogP contribution in [0, 0.1) is 0 Å². The molecule has 1 heterocycles. The third kappa shape index (κ3) is 4.13. The second-order valence-corrected chi connectivity index (χ2v) is 6.99. The molecule has 1 atom stereocenters. The summed E-state index contributed by atoms with van der Waals surface area (Å²) in [6.07, 6.45) is -0.968. The van der Waals surface area contributed by atoms with Crippen molar-refractivity contribution in [2.75, 3.05) is 27.2 Å². The molecular weight excluding hydrogens is 356 g/mol. The summed E-state index contributed by atoms with van der Waals surface area (Å²) in [5, 5.41) is 14.2. The van der Waals surface area contributed by atoms with Crippen molar-refractivity contribution in [2.24, 2.45) is 0 Å². The first kappa shape index (κ1) is 19.8. The lowest BCUT2D eigenvalue weighted by Crippen LogP contribution is -2.31. The molecule has 2 aromatic carbocycles. The quantitative estimate of drug-likeness (QED) is 0.687. The van der Waals surface area contributed by atoms with Gasteiger partial charge in [-0.2, -0.15) is 0 Å². The van der Waals surface area contributed by atoms with E-state index >= 15 is 0 Å². The number of carbonyl (C=O) groups excluding carboxylic acids is 1. The van der Waals surface area contributed by atoms with Gasteiger partial charge in [0.2, 0.25) is 0 Å². The highest BCUT2D eigenvalue weighted by molar-refractivity contribution is 5.99. The Balaban J connectivity index is 2.08. The standard InChI is InChI=1S/C22H24N2O4/c1-14(25)20-19(17-9-4-5-10-18(17)22(27)28-20)15-7-6-8-16(13-15)21(26)23-11-12-24(2)3/h4-10,13-14,25H,11-12H2,1-3H3,(H,23,26). The molecule has 0 bridgehead atoms. The maximum Gasteiger partial charge on any atom is 0.343 e. The van der Waals surface area contributed by atoms with Gasteiger partial charge in [-0.1, -0.05) is 30.3 Å². The van der Waals surface area contributed by atoms with Crippen LogP contribution in [0.1, 0.15) is 29.1 Å². The van der Waals surface area contributed by atoms with E-state index in [1.54, 1.807) is 37.3 Å². The van der Waals surface area contributed by atoms with Gasteiger partial charge in [0.15, 0.2) is 0 Å². The number of benzene rings is 2. The Morgan fingerprint density at radius 3 is 2.54 bits per heavy atom. The number of carbonyl (C=O) groups is 1. The number of amides is 1. The van der Waals surface area contributed by atoms with E-state index in [-0.39, 0.29) is 11.7 Å². The van der Waals surface area contributed by atoms with Crippen LogP contribution in [0.2, 0.25) is 0 Å². The molecule has 0 fully saturated rings. The Hall–Kier alpha value is -2.96. The number of aliphatic hydroxyl groups is 1. The van der Waals surface area contributed by atoms with Crippen molar-refractivity contribution < 1.29 is 14.3 Å². The second-order valence-electron chi connectivity index (χ2n) is 6.99. The fraction of sp³-hybridized carbons (Fsp3) is 0.273. The van der Waals surface area contributed by atoms with E-state index in [4.69, 9.17) is 4.42 Å². The molecular formula is C22H24N2O4. The average Bonchev–Trinajstić information content (AvgIpc) is 2.67. The number of aliphatic hydroxyl groups excluding tert-OH is 1. The minimum atomic E-state index is -0.968. The van der Waals surface area contributed by atoms with E-state index < -0.39 is 11.7 Å². The van der Waals surface area contributed by atoms with E-state index in [9.17, 15) is 14.7 Å². The lowest BCUT2D eigenvalue weighted by atomic mass is 9.95. The summed E-state index contributed by atoms with van der Waals surface area (Å²) in [6, 6.07) is 14.2. The maximum atomic E-state index is 12.5. The molecule has 1 unspecified atom stereocenters. The minimum absolute atomic E-state index is 0.177. The first-order valence-electron chi connectivity index (χ1n) is 9.15. The van der Waals surface area contributed by atoms with Gasteiger partial charge in [0.05, 0.1) is 5.39 Å². The summed E-state index contributed by atoms with van der Waals surface area (Å²) in [7, 11) is 3.89. The Labute approximate surface area is 163 Å².